The molecule has 0 unspecified atom stereocenters. The van der Waals surface area contributed by atoms with Gasteiger partial charge in [0.15, 0.2) is 0 Å². The molecule has 0 aromatic heterocycles. The average Bonchev–Trinajstić information content (AvgIpc) is 2.77. The minimum absolute atomic E-state index is 0.0695. The first-order chi connectivity index (χ1) is 15.2. The molecule has 0 radical (unpaired) electrons. The van der Waals surface area contributed by atoms with Crippen LogP contribution < -0.4 is 10.1 Å². The Morgan fingerprint density at radius 3 is 2.22 bits per heavy atom. The molecule has 1 N–H and O–H groups in total. The molecule has 2 rings (SSSR count). The van der Waals surface area contributed by atoms with E-state index in [0.717, 1.165) is 16.7 Å². The molecule has 2 aromatic rings. The van der Waals surface area contributed by atoms with Crippen molar-refractivity contribution in [3.63, 3.8) is 0 Å². The Balaban J connectivity index is 2.19. The highest BCUT2D eigenvalue weighted by Gasteiger charge is 2.26. The van der Waals surface area contributed by atoms with Crippen molar-refractivity contribution in [3.05, 3.63) is 53.6 Å². The van der Waals surface area contributed by atoms with Gasteiger partial charge in [-0.15, -0.1) is 0 Å². The van der Waals surface area contributed by atoms with Gasteiger partial charge in [-0.3, -0.25) is 9.59 Å². The molecular formula is C25H32N2O5. The van der Waals surface area contributed by atoms with Crippen molar-refractivity contribution >= 4 is 17.8 Å². The molecule has 7 heteroatoms. The van der Waals surface area contributed by atoms with Crippen LogP contribution in [0.4, 0.5) is 0 Å². The molecule has 2 amide bonds. The van der Waals surface area contributed by atoms with E-state index in [1.54, 1.807) is 24.1 Å². The molecule has 32 heavy (non-hydrogen) atoms. The lowest BCUT2D eigenvalue weighted by Crippen LogP contribution is -2.49. The highest BCUT2D eigenvalue weighted by atomic mass is 16.5. The van der Waals surface area contributed by atoms with Gasteiger partial charge in [-0.05, 0) is 69.0 Å². The van der Waals surface area contributed by atoms with E-state index in [1.165, 1.54) is 7.11 Å². The lowest BCUT2D eigenvalue weighted by atomic mass is 9.97. The van der Waals surface area contributed by atoms with Crippen molar-refractivity contribution in [1.29, 1.82) is 0 Å². The van der Waals surface area contributed by atoms with Crippen LogP contribution in [0.25, 0.3) is 11.1 Å². The maximum Gasteiger partial charge on any atom is 0.338 e. The molecule has 0 heterocycles. The van der Waals surface area contributed by atoms with E-state index < -0.39 is 17.8 Å². The van der Waals surface area contributed by atoms with Crippen LogP contribution in [0.1, 0.15) is 43.6 Å². The second kappa shape index (κ2) is 11.3. The van der Waals surface area contributed by atoms with E-state index in [1.807, 2.05) is 58.0 Å². The lowest BCUT2D eigenvalue weighted by molar-refractivity contribution is -0.148. The summed E-state index contributed by atoms with van der Waals surface area (Å²) in [6.07, 6.45) is 0.458. The van der Waals surface area contributed by atoms with Gasteiger partial charge < -0.3 is 19.7 Å². The number of methoxy groups -OCH3 is 2. The summed E-state index contributed by atoms with van der Waals surface area (Å²) in [4.78, 5) is 38.6. The molecule has 7 nitrogen and oxygen atoms in total. The van der Waals surface area contributed by atoms with Crippen molar-refractivity contribution in [2.24, 2.45) is 0 Å². The third-order valence-corrected chi connectivity index (χ3v) is 5.15. The number of esters is 1. The van der Waals surface area contributed by atoms with Crippen molar-refractivity contribution in [1.82, 2.24) is 10.2 Å². The van der Waals surface area contributed by atoms with Gasteiger partial charge in [0.05, 0.1) is 19.8 Å². The molecule has 2 aromatic carbocycles. The van der Waals surface area contributed by atoms with Crippen molar-refractivity contribution in [3.8, 4) is 16.9 Å². The number of carbonyl (C=O) groups is 3. The number of nitrogens with zero attached hydrogens (tertiary/aromatic N) is 1. The second-order valence-electron chi connectivity index (χ2n) is 7.97. The zero-order chi connectivity index (χ0) is 23.8. The number of ether oxygens (including phenoxy) is 2. The normalized spacial score (nSPS) is 10.8. The van der Waals surface area contributed by atoms with E-state index in [0.29, 0.717) is 17.7 Å². The molecule has 0 bridgehead atoms. The van der Waals surface area contributed by atoms with Crippen LogP contribution in [0.2, 0.25) is 0 Å². The summed E-state index contributed by atoms with van der Waals surface area (Å²) in [5.41, 5.74) is 2.89. The zero-order valence-corrected chi connectivity index (χ0v) is 19.6. The molecular weight excluding hydrogens is 408 g/mol. The van der Waals surface area contributed by atoms with Gasteiger partial charge in [-0.25, -0.2) is 4.79 Å². The van der Waals surface area contributed by atoms with E-state index in [4.69, 9.17) is 9.47 Å². The monoisotopic (exact) mass is 440 g/mol. The van der Waals surface area contributed by atoms with Crippen LogP contribution in [-0.2, 0) is 20.7 Å². The first-order valence-corrected chi connectivity index (χ1v) is 10.7. The molecule has 172 valence electrons. The maximum absolute atomic E-state index is 12.5. The summed E-state index contributed by atoms with van der Waals surface area (Å²) in [5, 5.41) is 2.71. The van der Waals surface area contributed by atoms with Gasteiger partial charge in [0.1, 0.15) is 5.75 Å². The summed E-state index contributed by atoms with van der Waals surface area (Å²) < 4.78 is 10.4. The third-order valence-electron chi connectivity index (χ3n) is 5.15. The molecule has 0 atom stereocenters. The van der Waals surface area contributed by atoms with Gasteiger partial charge in [0.2, 0.25) is 0 Å². The van der Waals surface area contributed by atoms with E-state index >= 15 is 0 Å². The lowest BCUT2D eigenvalue weighted by Gasteiger charge is -2.30. The van der Waals surface area contributed by atoms with Gasteiger partial charge in [-0.1, -0.05) is 24.3 Å². The Bertz CT molecular complexity index is 961. The number of amides is 2. The fraction of sp³-hybridized carbons (Fsp3) is 0.400. The Hall–Kier alpha value is -3.35. The molecule has 0 aliphatic carbocycles. The van der Waals surface area contributed by atoms with Crippen molar-refractivity contribution in [2.75, 3.05) is 20.8 Å². The van der Waals surface area contributed by atoms with E-state index in [2.05, 4.69) is 5.32 Å². The smallest absolute Gasteiger partial charge is 0.338 e. The topological polar surface area (TPSA) is 84.9 Å². The van der Waals surface area contributed by atoms with E-state index in [-0.39, 0.29) is 18.6 Å². The summed E-state index contributed by atoms with van der Waals surface area (Å²) in [5.74, 6) is -0.916. The number of carbonyl (C=O) groups excluding carboxylic acids is 3. The van der Waals surface area contributed by atoms with Crippen LogP contribution in [0.15, 0.2) is 42.5 Å². The van der Waals surface area contributed by atoms with Gasteiger partial charge >= 0.3 is 17.8 Å². The van der Waals surface area contributed by atoms with Crippen molar-refractivity contribution < 1.29 is 23.9 Å². The van der Waals surface area contributed by atoms with Gasteiger partial charge in [-0.2, -0.15) is 0 Å². The second-order valence-corrected chi connectivity index (χ2v) is 7.97. The summed E-state index contributed by atoms with van der Waals surface area (Å²) in [6.45, 7) is 7.80. The molecule has 0 fully saturated rings. The number of hydrogen-bond donors (Lipinski definition) is 1. The average molecular weight is 441 g/mol. The van der Waals surface area contributed by atoms with Gasteiger partial charge in [0, 0.05) is 18.6 Å². The van der Waals surface area contributed by atoms with Crippen LogP contribution in [0, 0.1) is 0 Å². The predicted octanol–water partition coefficient (Wildman–Crippen LogP) is 3.45. The number of rotatable bonds is 8. The Labute approximate surface area is 189 Å². The fourth-order valence-electron chi connectivity index (χ4n) is 3.73. The molecule has 0 saturated carbocycles. The predicted molar refractivity (Wildman–Crippen MR) is 124 cm³/mol. The van der Waals surface area contributed by atoms with Crippen LogP contribution in [0.3, 0.4) is 0 Å². The Kier molecular flexibility index (Phi) is 8.81. The first kappa shape index (κ1) is 24.9. The first-order valence-electron chi connectivity index (χ1n) is 10.7. The standard InChI is InChI=1S/C25H32N2O5/c1-16(2)27(17(3)4)24(29)23(28)26-14-13-19-15-18(11-12-22(19)31-5)20-9-7-8-10-21(20)25(30)32-6/h7-12,15-17H,13-14H2,1-6H3,(H,26,28). The number of hydrogen-bond acceptors (Lipinski definition) is 5. The molecule has 0 aliphatic rings. The Morgan fingerprint density at radius 1 is 0.969 bits per heavy atom. The molecule has 0 aliphatic heterocycles. The highest BCUT2D eigenvalue weighted by Crippen LogP contribution is 2.29. The summed E-state index contributed by atoms with van der Waals surface area (Å²) >= 11 is 0. The Morgan fingerprint density at radius 2 is 1.62 bits per heavy atom. The van der Waals surface area contributed by atoms with Crippen LogP contribution in [0.5, 0.6) is 5.75 Å². The highest BCUT2D eigenvalue weighted by molar-refractivity contribution is 6.35. The largest absolute Gasteiger partial charge is 0.496 e. The molecule has 0 spiro atoms. The fourth-order valence-corrected chi connectivity index (χ4v) is 3.73. The summed E-state index contributed by atoms with van der Waals surface area (Å²) in [6, 6.07) is 12.7. The van der Waals surface area contributed by atoms with Crippen LogP contribution in [-0.4, -0.2) is 55.5 Å². The number of benzene rings is 2. The minimum atomic E-state index is -0.626. The zero-order valence-electron chi connectivity index (χ0n) is 19.6. The molecule has 0 saturated heterocycles. The number of nitrogens with one attached hydrogen (secondary N) is 1. The summed E-state index contributed by atoms with van der Waals surface area (Å²) in [7, 11) is 2.92. The minimum Gasteiger partial charge on any atom is -0.496 e. The van der Waals surface area contributed by atoms with E-state index in [9.17, 15) is 14.4 Å². The van der Waals surface area contributed by atoms with Crippen molar-refractivity contribution in [2.45, 2.75) is 46.2 Å². The SMILES string of the molecule is COC(=O)c1ccccc1-c1ccc(OC)c(CCNC(=O)C(=O)N(C(C)C)C(C)C)c1. The quantitative estimate of drug-likeness (QED) is 0.502. The third kappa shape index (κ3) is 5.87. The van der Waals surface area contributed by atoms with Gasteiger partial charge in [0.25, 0.3) is 0 Å². The van der Waals surface area contributed by atoms with Crippen LogP contribution >= 0.6 is 0 Å². The maximum atomic E-state index is 12.5.